The van der Waals surface area contributed by atoms with Crippen LogP contribution in [0.1, 0.15) is 38.5 Å². The van der Waals surface area contributed by atoms with Crippen molar-refractivity contribution in [3.8, 4) is 0 Å². The Labute approximate surface area is 73.8 Å². The Kier molecular flexibility index (Phi) is 2.29. The van der Waals surface area contributed by atoms with Crippen LogP contribution >= 0.6 is 0 Å². The van der Waals surface area contributed by atoms with Gasteiger partial charge in [0.15, 0.2) is 5.78 Å². The molecule has 0 aromatic carbocycles. The van der Waals surface area contributed by atoms with Crippen LogP contribution in [0, 0.1) is 11.8 Å². The van der Waals surface area contributed by atoms with E-state index in [1.165, 1.54) is 32.1 Å². The highest BCUT2D eigenvalue weighted by Crippen LogP contribution is 2.43. The van der Waals surface area contributed by atoms with Crippen LogP contribution in [-0.4, -0.2) is 5.78 Å². The number of carbonyl (C=O) groups is 1. The largest absolute Gasteiger partial charge is 0.295 e. The second-order valence-electron chi connectivity index (χ2n) is 4.05. The minimum absolute atomic E-state index is 0.391. The normalized spacial score (nSPS) is 38.5. The van der Waals surface area contributed by atoms with Gasteiger partial charge in [0, 0.05) is 5.92 Å². The van der Waals surface area contributed by atoms with Crippen LogP contribution in [0.25, 0.3) is 0 Å². The van der Waals surface area contributed by atoms with Crippen molar-refractivity contribution in [2.24, 2.45) is 11.8 Å². The van der Waals surface area contributed by atoms with E-state index < -0.39 is 0 Å². The smallest absolute Gasteiger partial charge is 0.158 e. The molecule has 0 N–H and O–H groups in total. The Balaban J connectivity index is 1.95. The quantitative estimate of drug-likeness (QED) is 0.538. The van der Waals surface area contributed by atoms with Crippen molar-refractivity contribution < 1.29 is 4.79 Å². The van der Waals surface area contributed by atoms with Crippen LogP contribution in [0.4, 0.5) is 0 Å². The molecule has 2 aliphatic carbocycles. The predicted octanol–water partition coefficient (Wildman–Crippen LogP) is 2.71. The van der Waals surface area contributed by atoms with Gasteiger partial charge < -0.3 is 0 Å². The van der Waals surface area contributed by atoms with Gasteiger partial charge in [-0.25, -0.2) is 0 Å². The van der Waals surface area contributed by atoms with E-state index in [9.17, 15) is 4.79 Å². The molecule has 0 aliphatic heterocycles. The third-order valence-corrected chi connectivity index (χ3v) is 3.02. The van der Waals surface area contributed by atoms with Crippen molar-refractivity contribution >= 4 is 5.78 Å². The minimum Gasteiger partial charge on any atom is -0.295 e. The van der Waals surface area contributed by atoms with Crippen LogP contribution in [0.5, 0.6) is 0 Å². The highest BCUT2D eigenvalue weighted by molar-refractivity contribution is 5.93. The molecule has 1 nitrogen and oxygen atoms in total. The molecule has 0 aromatic heterocycles. The SMILES string of the molecule is O=C1/C=C\CCCCC[C@@H]2C[C@@H]12. The number of hydrogen-bond acceptors (Lipinski definition) is 1. The summed E-state index contributed by atoms with van der Waals surface area (Å²) < 4.78 is 0. The van der Waals surface area contributed by atoms with Crippen molar-refractivity contribution in [3.05, 3.63) is 12.2 Å². The maximum absolute atomic E-state index is 11.4. The number of fused-ring (bicyclic) bond motifs is 1. The van der Waals surface area contributed by atoms with Gasteiger partial charge in [-0.15, -0.1) is 0 Å². The van der Waals surface area contributed by atoms with Gasteiger partial charge in [0.25, 0.3) is 0 Å². The molecule has 12 heavy (non-hydrogen) atoms. The molecule has 0 aromatic rings. The zero-order valence-corrected chi connectivity index (χ0v) is 7.46. The molecule has 2 rings (SSSR count). The molecule has 1 heteroatoms. The Morgan fingerprint density at radius 3 is 3.08 bits per heavy atom. The highest BCUT2D eigenvalue weighted by Gasteiger charge is 2.40. The zero-order valence-electron chi connectivity index (χ0n) is 7.46. The molecule has 1 saturated carbocycles. The van der Waals surface area contributed by atoms with Crippen LogP contribution in [-0.2, 0) is 4.79 Å². The Hall–Kier alpha value is -0.590. The summed E-state index contributed by atoms with van der Waals surface area (Å²) in [7, 11) is 0. The van der Waals surface area contributed by atoms with Crippen molar-refractivity contribution in [3.63, 3.8) is 0 Å². The Morgan fingerprint density at radius 1 is 1.25 bits per heavy atom. The summed E-state index contributed by atoms with van der Waals surface area (Å²) in [6.45, 7) is 0. The summed E-state index contributed by atoms with van der Waals surface area (Å²) in [5.74, 6) is 1.56. The highest BCUT2D eigenvalue weighted by atomic mass is 16.1. The molecule has 0 heterocycles. The standard InChI is InChI=1S/C11H16O/c12-11-7-5-3-1-2-4-6-9-8-10(9)11/h5,7,9-10H,1-4,6,8H2/b7-5-/t9-,10-/m1/s1. The van der Waals surface area contributed by atoms with E-state index in [4.69, 9.17) is 0 Å². The van der Waals surface area contributed by atoms with Gasteiger partial charge in [-0.2, -0.15) is 0 Å². The lowest BCUT2D eigenvalue weighted by Crippen LogP contribution is -1.98. The maximum Gasteiger partial charge on any atom is 0.158 e. The van der Waals surface area contributed by atoms with Crippen molar-refractivity contribution in [2.75, 3.05) is 0 Å². The van der Waals surface area contributed by atoms with E-state index in [2.05, 4.69) is 6.08 Å². The molecule has 0 spiro atoms. The molecule has 0 bridgehead atoms. The topological polar surface area (TPSA) is 17.1 Å². The number of hydrogen-bond donors (Lipinski definition) is 0. The number of carbonyl (C=O) groups excluding carboxylic acids is 1. The first-order valence-corrected chi connectivity index (χ1v) is 5.08. The van der Waals surface area contributed by atoms with Crippen molar-refractivity contribution in [1.82, 2.24) is 0 Å². The maximum atomic E-state index is 11.4. The van der Waals surface area contributed by atoms with Crippen LogP contribution < -0.4 is 0 Å². The van der Waals surface area contributed by atoms with E-state index in [0.717, 1.165) is 12.3 Å². The first kappa shape index (κ1) is 8.03. The Morgan fingerprint density at radius 2 is 2.17 bits per heavy atom. The number of ketones is 1. The second-order valence-corrected chi connectivity index (χ2v) is 4.05. The molecular weight excluding hydrogens is 148 g/mol. The number of rotatable bonds is 0. The summed E-state index contributed by atoms with van der Waals surface area (Å²) in [6.07, 6.45) is 11.4. The van der Waals surface area contributed by atoms with E-state index >= 15 is 0 Å². The number of allylic oxidation sites excluding steroid dienone is 2. The molecule has 0 radical (unpaired) electrons. The summed E-state index contributed by atoms with van der Waals surface area (Å²) in [6, 6.07) is 0. The average Bonchev–Trinajstić information content (AvgIpc) is 2.82. The van der Waals surface area contributed by atoms with E-state index in [1.54, 1.807) is 0 Å². The monoisotopic (exact) mass is 164 g/mol. The van der Waals surface area contributed by atoms with Gasteiger partial charge in [-0.05, 0) is 37.7 Å². The van der Waals surface area contributed by atoms with Crippen LogP contribution in [0.3, 0.4) is 0 Å². The first-order chi connectivity index (χ1) is 5.88. The molecule has 0 unspecified atom stereocenters. The molecular formula is C11H16O. The minimum atomic E-state index is 0.391. The van der Waals surface area contributed by atoms with Gasteiger partial charge in [-0.3, -0.25) is 4.79 Å². The molecule has 0 amide bonds. The van der Waals surface area contributed by atoms with Gasteiger partial charge in [-0.1, -0.05) is 18.9 Å². The fourth-order valence-electron chi connectivity index (χ4n) is 2.08. The lowest BCUT2D eigenvalue weighted by molar-refractivity contribution is -0.116. The van der Waals surface area contributed by atoms with Crippen molar-refractivity contribution in [2.45, 2.75) is 38.5 Å². The van der Waals surface area contributed by atoms with E-state index in [-0.39, 0.29) is 0 Å². The van der Waals surface area contributed by atoms with Crippen LogP contribution in [0.2, 0.25) is 0 Å². The molecule has 0 saturated heterocycles. The van der Waals surface area contributed by atoms with E-state index in [0.29, 0.717) is 11.7 Å². The summed E-state index contributed by atoms with van der Waals surface area (Å²) in [5.41, 5.74) is 0. The summed E-state index contributed by atoms with van der Waals surface area (Å²) >= 11 is 0. The summed E-state index contributed by atoms with van der Waals surface area (Å²) in [4.78, 5) is 11.4. The van der Waals surface area contributed by atoms with E-state index in [1.807, 2.05) is 6.08 Å². The van der Waals surface area contributed by atoms with Crippen LogP contribution in [0.15, 0.2) is 12.2 Å². The van der Waals surface area contributed by atoms with Crippen molar-refractivity contribution in [1.29, 1.82) is 0 Å². The zero-order chi connectivity index (χ0) is 8.39. The fraction of sp³-hybridized carbons (Fsp3) is 0.727. The predicted molar refractivity (Wildman–Crippen MR) is 48.8 cm³/mol. The molecule has 2 aliphatic rings. The Bertz CT molecular complexity index is 205. The summed E-state index contributed by atoms with van der Waals surface area (Å²) in [5, 5.41) is 0. The van der Waals surface area contributed by atoms with Gasteiger partial charge in [0.1, 0.15) is 0 Å². The van der Waals surface area contributed by atoms with Gasteiger partial charge >= 0.3 is 0 Å². The lowest BCUT2D eigenvalue weighted by atomic mass is 10.0. The van der Waals surface area contributed by atoms with Gasteiger partial charge in [0.05, 0.1) is 0 Å². The third-order valence-electron chi connectivity index (χ3n) is 3.02. The lowest BCUT2D eigenvalue weighted by Gasteiger charge is -2.00. The fourth-order valence-corrected chi connectivity index (χ4v) is 2.08. The first-order valence-electron chi connectivity index (χ1n) is 5.08. The molecule has 1 fully saturated rings. The molecule has 66 valence electrons. The van der Waals surface area contributed by atoms with Gasteiger partial charge in [0.2, 0.25) is 0 Å². The average molecular weight is 164 g/mol. The third kappa shape index (κ3) is 1.77. The second kappa shape index (κ2) is 3.42. The molecule has 2 atom stereocenters.